The molecule has 0 atom stereocenters. The van der Waals surface area contributed by atoms with E-state index in [1.54, 1.807) is 0 Å². The van der Waals surface area contributed by atoms with Gasteiger partial charge in [0.25, 0.3) is 0 Å². The van der Waals surface area contributed by atoms with Crippen molar-refractivity contribution in [1.29, 1.82) is 5.41 Å². The highest BCUT2D eigenvalue weighted by Crippen LogP contribution is 2.10. The zero-order valence-electron chi connectivity index (χ0n) is 13.4. The molecule has 0 fully saturated rings. The van der Waals surface area contributed by atoms with Crippen LogP contribution in [0.4, 0.5) is 4.79 Å². The van der Waals surface area contributed by atoms with Crippen molar-refractivity contribution in [3.63, 3.8) is 0 Å². The molecule has 0 unspecified atom stereocenters. The molecule has 0 radical (unpaired) electrons. The van der Waals surface area contributed by atoms with E-state index in [0.29, 0.717) is 4.48 Å². The molecule has 1 amide bonds. The molecular formula is C15H32N3O2+. The zero-order chi connectivity index (χ0) is 15.4. The number of unbranched alkanes of at least 4 members (excludes halogenated alkanes) is 8. The Hall–Kier alpha value is -1.10. The molecule has 5 nitrogen and oxygen atoms in total. The molecule has 5 heteroatoms. The van der Waals surface area contributed by atoms with Crippen LogP contribution in [0.15, 0.2) is 0 Å². The lowest BCUT2D eigenvalue weighted by Crippen LogP contribution is -2.53. The van der Waals surface area contributed by atoms with E-state index in [-0.39, 0.29) is 5.96 Å². The van der Waals surface area contributed by atoms with Crippen molar-refractivity contribution >= 4 is 12.1 Å². The summed E-state index contributed by atoms with van der Waals surface area (Å²) in [5, 5.41) is 18.5. The van der Waals surface area contributed by atoms with Crippen molar-refractivity contribution in [3.8, 4) is 0 Å². The number of nitrogens with zero attached hydrogens (tertiary/aromatic N) is 1. The Labute approximate surface area is 123 Å². The van der Waals surface area contributed by atoms with E-state index in [9.17, 15) is 4.79 Å². The van der Waals surface area contributed by atoms with Crippen molar-refractivity contribution in [2.45, 2.75) is 64.7 Å². The van der Waals surface area contributed by atoms with Crippen LogP contribution in [0.1, 0.15) is 64.7 Å². The van der Waals surface area contributed by atoms with E-state index in [2.05, 4.69) is 12.2 Å². The lowest BCUT2D eigenvalue weighted by atomic mass is 10.1. The van der Waals surface area contributed by atoms with Crippen molar-refractivity contribution in [2.75, 3.05) is 20.6 Å². The number of carboxylic acid groups (broad SMARTS) is 1. The number of hydrogen-bond acceptors (Lipinski definition) is 2. The molecule has 20 heavy (non-hydrogen) atoms. The van der Waals surface area contributed by atoms with E-state index in [1.807, 2.05) is 14.1 Å². The number of guanidine groups is 1. The highest BCUT2D eigenvalue weighted by Gasteiger charge is 2.23. The van der Waals surface area contributed by atoms with Crippen LogP contribution in [0.3, 0.4) is 0 Å². The summed E-state index contributed by atoms with van der Waals surface area (Å²) in [4.78, 5) is 10.5. The van der Waals surface area contributed by atoms with Crippen LogP contribution in [-0.4, -0.2) is 42.3 Å². The van der Waals surface area contributed by atoms with Crippen molar-refractivity contribution in [3.05, 3.63) is 0 Å². The second-order valence-electron chi connectivity index (χ2n) is 6.02. The maximum atomic E-state index is 10.5. The Morgan fingerprint density at radius 2 is 1.45 bits per heavy atom. The predicted octanol–water partition coefficient (Wildman–Crippen LogP) is 3.80. The SMILES string of the molecule is CCCCCCCCCCC[N+](C)(C)C(=N)NC(=O)O. The lowest BCUT2D eigenvalue weighted by Gasteiger charge is -2.28. The topological polar surface area (TPSA) is 73.2 Å². The first-order valence-electron chi connectivity index (χ1n) is 7.82. The van der Waals surface area contributed by atoms with E-state index >= 15 is 0 Å². The highest BCUT2D eigenvalue weighted by atomic mass is 16.4. The van der Waals surface area contributed by atoms with Gasteiger partial charge in [0, 0.05) is 0 Å². The van der Waals surface area contributed by atoms with Gasteiger partial charge in [0.1, 0.15) is 0 Å². The Balaban J connectivity index is 3.58. The highest BCUT2D eigenvalue weighted by molar-refractivity contribution is 5.87. The minimum Gasteiger partial charge on any atom is -0.465 e. The smallest absolute Gasteiger partial charge is 0.414 e. The summed E-state index contributed by atoms with van der Waals surface area (Å²) in [6.07, 6.45) is 10.3. The van der Waals surface area contributed by atoms with Gasteiger partial charge in [-0.1, -0.05) is 51.9 Å². The van der Waals surface area contributed by atoms with Gasteiger partial charge >= 0.3 is 12.1 Å². The molecule has 118 valence electrons. The molecule has 0 bridgehead atoms. The van der Waals surface area contributed by atoms with Crippen molar-refractivity contribution < 1.29 is 14.4 Å². The van der Waals surface area contributed by atoms with Gasteiger partial charge < -0.3 is 5.11 Å². The first-order chi connectivity index (χ1) is 9.40. The number of rotatable bonds is 10. The van der Waals surface area contributed by atoms with Gasteiger partial charge in [-0.2, -0.15) is 0 Å². The molecule has 0 aliphatic carbocycles. The van der Waals surface area contributed by atoms with E-state index in [0.717, 1.165) is 19.4 Å². The average molecular weight is 286 g/mol. The summed E-state index contributed by atoms with van der Waals surface area (Å²) in [5.74, 6) is 0.0389. The first kappa shape index (κ1) is 18.9. The molecule has 0 saturated carbocycles. The third kappa shape index (κ3) is 9.78. The summed E-state index contributed by atoms with van der Waals surface area (Å²) >= 11 is 0. The van der Waals surface area contributed by atoms with Gasteiger partial charge in [-0.3, -0.25) is 4.48 Å². The molecular weight excluding hydrogens is 254 g/mol. The molecule has 0 spiro atoms. The normalized spacial score (nSPS) is 11.3. The van der Waals surface area contributed by atoms with Crippen LogP contribution in [-0.2, 0) is 0 Å². The fourth-order valence-electron chi connectivity index (χ4n) is 2.18. The maximum absolute atomic E-state index is 10.5. The van der Waals surface area contributed by atoms with Gasteiger partial charge in [-0.25, -0.2) is 15.5 Å². The largest absolute Gasteiger partial charge is 0.465 e. The predicted molar refractivity (Wildman–Crippen MR) is 83.1 cm³/mol. The molecule has 0 aromatic rings. The quantitative estimate of drug-likeness (QED) is 0.247. The van der Waals surface area contributed by atoms with Crippen molar-refractivity contribution in [1.82, 2.24) is 5.32 Å². The first-order valence-corrected chi connectivity index (χ1v) is 7.82. The average Bonchev–Trinajstić information content (AvgIpc) is 2.36. The number of carbonyl (C=O) groups is 1. The van der Waals surface area contributed by atoms with Crippen LogP contribution < -0.4 is 5.32 Å². The van der Waals surface area contributed by atoms with Gasteiger partial charge in [-0.05, 0) is 12.8 Å². The Morgan fingerprint density at radius 1 is 1.00 bits per heavy atom. The third-order valence-electron chi connectivity index (χ3n) is 3.65. The lowest BCUT2D eigenvalue weighted by molar-refractivity contribution is -0.802. The minimum atomic E-state index is -1.16. The van der Waals surface area contributed by atoms with Gasteiger partial charge in [-0.15, -0.1) is 0 Å². The van der Waals surface area contributed by atoms with Gasteiger partial charge in [0.15, 0.2) is 0 Å². The molecule has 0 aromatic carbocycles. The van der Waals surface area contributed by atoms with E-state index in [1.165, 1.54) is 44.9 Å². The van der Waals surface area contributed by atoms with Crippen LogP contribution in [0.5, 0.6) is 0 Å². The van der Waals surface area contributed by atoms with Crippen LogP contribution >= 0.6 is 0 Å². The summed E-state index contributed by atoms with van der Waals surface area (Å²) in [5.41, 5.74) is 0. The van der Waals surface area contributed by atoms with Crippen LogP contribution in [0, 0.1) is 5.41 Å². The Kier molecular flexibility index (Phi) is 10.1. The van der Waals surface area contributed by atoms with E-state index in [4.69, 9.17) is 10.5 Å². The number of nitrogens with one attached hydrogen (secondary N) is 2. The number of amides is 1. The molecule has 0 saturated heterocycles. The summed E-state index contributed by atoms with van der Waals surface area (Å²) in [6, 6.07) is 0. The third-order valence-corrected chi connectivity index (χ3v) is 3.65. The monoisotopic (exact) mass is 286 g/mol. The van der Waals surface area contributed by atoms with Crippen LogP contribution in [0.2, 0.25) is 0 Å². The summed E-state index contributed by atoms with van der Waals surface area (Å²) < 4.78 is 0.294. The molecule has 0 heterocycles. The minimum absolute atomic E-state index is 0.0389. The second kappa shape index (κ2) is 10.7. The molecule has 0 aliphatic rings. The molecule has 3 N–H and O–H groups in total. The summed E-state index contributed by atoms with van der Waals surface area (Å²) in [7, 11) is 3.73. The summed E-state index contributed by atoms with van der Waals surface area (Å²) in [6.45, 7) is 3.03. The van der Waals surface area contributed by atoms with Crippen LogP contribution in [0.25, 0.3) is 0 Å². The Morgan fingerprint density at radius 3 is 1.90 bits per heavy atom. The zero-order valence-corrected chi connectivity index (χ0v) is 13.4. The van der Waals surface area contributed by atoms with Gasteiger partial charge in [0.2, 0.25) is 0 Å². The molecule has 0 aliphatic heterocycles. The van der Waals surface area contributed by atoms with Crippen molar-refractivity contribution in [2.24, 2.45) is 0 Å². The fraction of sp³-hybridized carbons (Fsp3) is 0.867. The molecule has 0 rings (SSSR count). The molecule has 0 aromatic heterocycles. The van der Waals surface area contributed by atoms with E-state index < -0.39 is 6.09 Å². The maximum Gasteiger partial charge on any atom is 0.414 e. The van der Waals surface area contributed by atoms with Gasteiger partial charge in [0.05, 0.1) is 20.6 Å². The number of hydrogen-bond donors (Lipinski definition) is 3. The fourth-order valence-corrected chi connectivity index (χ4v) is 2.18. The second-order valence-corrected chi connectivity index (χ2v) is 6.02. The standard InChI is InChI=1S/C15H31N3O2/c1-4-5-6-7-8-9-10-11-12-13-18(2,3)14(16)17-15(19)20/h4-13H2,1-3H3,(H2-,16,17,19,20)/p+1. The number of quaternary nitrogens is 1. The Bertz CT molecular complexity index is 291.